The monoisotopic (exact) mass is 478 g/mol. The van der Waals surface area contributed by atoms with Gasteiger partial charge in [0.05, 0.1) is 72.7 Å². The molecule has 3 rings (SSSR count). The van der Waals surface area contributed by atoms with Gasteiger partial charge in [0.1, 0.15) is 6.10 Å². The first-order chi connectivity index (χ1) is 16.8. The molecule has 2 fully saturated rings. The van der Waals surface area contributed by atoms with Crippen LogP contribution in [0.25, 0.3) is 6.08 Å². The zero-order chi connectivity index (χ0) is 23.7. The van der Waals surface area contributed by atoms with Crippen molar-refractivity contribution >= 4 is 6.08 Å². The van der Waals surface area contributed by atoms with E-state index in [1.807, 2.05) is 18.2 Å². The maximum absolute atomic E-state index is 6.19. The molecule has 34 heavy (non-hydrogen) atoms. The summed E-state index contributed by atoms with van der Waals surface area (Å²) in [5.41, 5.74) is 2.24. The maximum Gasteiger partial charge on any atom is 0.104 e. The lowest BCUT2D eigenvalue weighted by molar-refractivity contribution is -0.0702. The van der Waals surface area contributed by atoms with E-state index in [1.54, 1.807) is 0 Å². The molecule has 2 aliphatic rings. The average molecular weight is 479 g/mol. The third kappa shape index (κ3) is 11.4. The summed E-state index contributed by atoms with van der Waals surface area (Å²) >= 11 is 0. The van der Waals surface area contributed by atoms with Crippen molar-refractivity contribution in [2.45, 2.75) is 12.7 Å². The molecular weight excluding hydrogens is 436 g/mol. The molecule has 2 heterocycles. The Kier molecular flexibility index (Phi) is 13.7. The molecule has 192 valence electrons. The molecule has 3 unspecified atom stereocenters. The largest absolute Gasteiger partial charge is 0.379 e. The Morgan fingerprint density at radius 3 is 1.85 bits per heavy atom. The van der Waals surface area contributed by atoms with Crippen molar-refractivity contribution in [3.05, 3.63) is 42.0 Å². The van der Waals surface area contributed by atoms with Crippen molar-refractivity contribution in [1.29, 1.82) is 0 Å². The van der Waals surface area contributed by atoms with Gasteiger partial charge >= 0.3 is 0 Å². The summed E-state index contributed by atoms with van der Waals surface area (Å²) in [6, 6.07) is 8.24. The quantitative estimate of drug-likeness (QED) is 0.595. The van der Waals surface area contributed by atoms with Crippen LogP contribution >= 0.6 is 0 Å². The van der Waals surface area contributed by atoms with E-state index in [2.05, 4.69) is 28.5 Å². The maximum atomic E-state index is 6.19. The van der Waals surface area contributed by atoms with E-state index < -0.39 is 0 Å². The summed E-state index contributed by atoms with van der Waals surface area (Å²) < 4.78 is 35.6. The minimum atomic E-state index is -0.109. The van der Waals surface area contributed by atoms with Crippen LogP contribution in [0.2, 0.25) is 0 Å². The van der Waals surface area contributed by atoms with Crippen LogP contribution in [0.15, 0.2) is 30.8 Å². The van der Waals surface area contributed by atoms with Crippen LogP contribution < -0.4 is 0 Å². The summed E-state index contributed by atoms with van der Waals surface area (Å²) in [5.74, 6) is 0. The van der Waals surface area contributed by atoms with Crippen LogP contribution in [0, 0.1) is 0 Å². The van der Waals surface area contributed by atoms with Crippen molar-refractivity contribution in [3.8, 4) is 0 Å². The fraction of sp³-hybridized carbons (Fsp3) is 0.692. The topological polar surface area (TPSA) is 61.9 Å². The number of nitrogens with zero attached hydrogens (tertiary/aromatic N) is 2. The van der Waals surface area contributed by atoms with Gasteiger partial charge in [0.2, 0.25) is 0 Å². The Morgan fingerprint density at radius 2 is 1.26 bits per heavy atom. The smallest absolute Gasteiger partial charge is 0.104 e. The Morgan fingerprint density at radius 1 is 0.735 bits per heavy atom. The second-order valence-corrected chi connectivity index (χ2v) is 8.55. The summed E-state index contributed by atoms with van der Waals surface area (Å²) in [4.78, 5) is 4.66. The summed E-state index contributed by atoms with van der Waals surface area (Å²) in [6.45, 7) is 15.7. The van der Waals surface area contributed by atoms with Crippen LogP contribution in [0.3, 0.4) is 0 Å². The molecule has 8 heteroatoms. The average Bonchev–Trinajstić information content (AvgIpc) is 2.87. The van der Waals surface area contributed by atoms with E-state index in [9.17, 15) is 0 Å². The predicted octanol–water partition coefficient (Wildman–Crippen LogP) is 1.93. The van der Waals surface area contributed by atoms with Gasteiger partial charge in [0, 0.05) is 39.3 Å². The van der Waals surface area contributed by atoms with Crippen LogP contribution in [0.1, 0.15) is 11.1 Å². The first-order valence-corrected chi connectivity index (χ1v) is 12.5. The number of rotatable bonds is 5. The molecule has 8 nitrogen and oxygen atoms in total. The molecule has 2 saturated heterocycles. The number of benzene rings is 1. The first-order valence-electron chi connectivity index (χ1n) is 12.5. The zero-order valence-corrected chi connectivity index (χ0v) is 20.5. The molecule has 3 atom stereocenters. The number of fused-ring (bicyclic) bond motifs is 6. The minimum absolute atomic E-state index is 0.109. The standard InChI is InChI=1S/C26H42N2O6/c1-2-24-3-5-25(6-4-24)21-33-23-26-22-32-17-11-27-7-13-29-14-8-28(12-18-34-26)10-16-31-20-19-30-15-9-27/h2-6,26H,1,7-23H2. The third-order valence-electron chi connectivity index (χ3n) is 5.98. The Bertz CT molecular complexity index is 659. The van der Waals surface area contributed by atoms with Crippen molar-refractivity contribution in [3.63, 3.8) is 0 Å². The predicted molar refractivity (Wildman–Crippen MR) is 132 cm³/mol. The Labute approximate surface area is 204 Å². The summed E-state index contributed by atoms with van der Waals surface area (Å²) in [7, 11) is 0. The van der Waals surface area contributed by atoms with Crippen molar-refractivity contribution in [2.75, 3.05) is 105 Å². The molecule has 1 aromatic rings. The van der Waals surface area contributed by atoms with E-state index >= 15 is 0 Å². The fourth-order valence-electron chi connectivity index (χ4n) is 3.83. The molecule has 0 aliphatic carbocycles. The fourth-order valence-corrected chi connectivity index (χ4v) is 3.83. The molecule has 2 bridgehead atoms. The molecule has 2 aliphatic heterocycles. The van der Waals surface area contributed by atoms with Crippen molar-refractivity contribution < 1.29 is 28.4 Å². The van der Waals surface area contributed by atoms with Gasteiger partial charge in [-0.3, -0.25) is 9.80 Å². The Balaban J connectivity index is 1.53. The molecular formula is C26H42N2O6. The molecule has 0 spiro atoms. The minimum Gasteiger partial charge on any atom is -0.379 e. The highest BCUT2D eigenvalue weighted by Crippen LogP contribution is 2.08. The van der Waals surface area contributed by atoms with Gasteiger partial charge in [-0.15, -0.1) is 0 Å². The van der Waals surface area contributed by atoms with Gasteiger partial charge in [0.15, 0.2) is 0 Å². The van der Waals surface area contributed by atoms with Gasteiger partial charge in [-0.05, 0) is 11.1 Å². The molecule has 0 amide bonds. The van der Waals surface area contributed by atoms with Crippen molar-refractivity contribution in [2.24, 2.45) is 0 Å². The van der Waals surface area contributed by atoms with Gasteiger partial charge in [-0.25, -0.2) is 0 Å². The van der Waals surface area contributed by atoms with Crippen LogP contribution in [0.5, 0.6) is 0 Å². The highest BCUT2D eigenvalue weighted by atomic mass is 16.6. The van der Waals surface area contributed by atoms with E-state index in [0.29, 0.717) is 72.7 Å². The van der Waals surface area contributed by atoms with E-state index in [-0.39, 0.29) is 6.10 Å². The van der Waals surface area contributed by atoms with Gasteiger partial charge in [-0.1, -0.05) is 36.9 Å². The second kappa shape index (κ2) is 17.1. The normalized spacial score (nSPS) is 27.0. The second-order valence-electron chi connectivity index (χ2n) is 8.55. The van der Waals surface area contributed by atoms with Gasteiger partial charge in [0.25, 0.3) is 0 Å². The lowest BCUT2D eigenvalue weighted by atomic mass is 10.1. The van der Waals surface area contributed by atoms with Gasteiger partial charge < -0.3 is 28.4 Å². The number of ether oxygens (including phenoxy) is 6. The Hall–Kier alpha value is -1.36. The van der Waals surface area contributed by atoms with Gasteiger partial charge in [-0.2, -0.15) is 0 Å². The van der Waals surface area contributed by atoms with Crippen LogP contribution in [-0.2, 0) is 35.0 Å². The van der Waals surface area contributed by atoms with Crippen LogP contribution in [-0.4, -0.2) is 121 Å². The SMILES string of the molecule is C=Cc1ccc(COCC2COCCN3CCOCCOCCN(CCOCC3)CCO2)cc1. The zero-order valence-electron chi connectivity index (χ0n) is 20.5. The summed E-state index contributed by atoms with van der Waals surface area (Å²) in [5, 5.41) is 0. The molecule has 0 aromatic heterocycles. The first kappa shape index (κ1) is 27.2. The lowest BCUT2D eigenvalue weighted by Crippen LogP contribution is -2.36. The molecule has 0 N–H and O–H groups in total. The highest BCUT2D eigenvalue weighted by molar-refractivity contribution is 5.47. The molecule has 1 aromatic carbocycles. The lowest BCUT2D eigenvalue weighted by Gasteiger charge is -2.24. The summed E-state index contributed by atoms with van der Waals surface area (Å²) in [6.07, 6.45) is 1.73. The molecule has 0 radical (unpaired) electrons. The van der Waals surface area contributed by atoms with Crippen molar-refractivity contribution in [1.82, 2.24) is 9.80 Å². The number of hydrogen-bond acceptors (Lipinski definition) is 8. The van der Waals surface area contributed by atoms with Crippen LogP contribution in [0.4, 0.5) is 0 Å². The number of hydrogen-bond donors (Lipinski definition) is 0. The van der Waals surface area contributed by atoms with E-state index in [0.717, 1.165) is 50.4 Å². The highest BCUT2D eigenvalue weighted by Gasteiger charge is 2.14. The molecule has 0 saturated carbocycles. The third-order valence-corrected chi connectivity index (χ3v) is 5.98. The van der Waals surface area contributed by atoms with E-state index in [4.69, 9.17) is 28.4 Å². The van der Waals surface area contributed by atoms with E-state index in [1.165, 1.54) is 0 Å².